The molecule has 2 saturated carbocycles. The minimum absolute atomic E-state index is 0.0726. The third-order valence-electron chi connectivity index (χ3n) is 8.95. The van der Waals surface area contributed by atoms with Crippen LogP contribution in [0.2, 0.25) is 0 Å². The highest BCUT2D eigenvalue weighted by atomic mass is 16.5. The predicted molar refractivity (Wildman–Crippen MR) is 130 cm³/mol. The maximum Gasteiger partial charge on any atom is 0.255 e. The molecule has 7 heteroatoms. The van der Waals surface area contributed by atoms with E-state index in [-0.39, 0.29) is 29.3 Å². The van der Waals surface area contributed by atoms with Crippen molar-refractivity contribution in [2.45, 2.75) is 56.2 Å². The van der Waals surface area contributed by atoms with Gasteiger partial charge in [-0.2, -0.15) is 0 Å². The van der Waals surface area contributed by atoms with Crippen molar-refractivity contribution in [2.75, 3.05) is 32.0 Å². The summed E-state index contributed by atoms with van der Waals surface area (Å²) in [6, 6.07) is 11.3. The molecular formula is C27H34N4O3. The molecule has 6 rings (SSSR count). The molecule has 4 fully saturated rings. The molecule has 4 aliphatic rings. The van der Waals surface area contributed by atoms with Gasteiger partial charge in [-0.1, -0.05) is 31.2 Å². The molecule has 1 aromatic heterocycles. The van der Waals surface area contributed by atoms with Crippen molar-refractivity contribution in [1.29, 1.82) is 0 Å². The summed E-state index contributed by atoms with van der Waals surface area (Å²) in [5, 5.41) is 12.8. The summed E-state index contributed by atoms with van der Waals surface area (Å²) < 4.78 is 5.41. The average molecular weight is 463 g/mol. The lowest BCUT2D eigenvalue weighted by Gasteiger charge is -2.36. The zero-order valence-corrected chi connectivity index (χ0v) is 19.7. The second-order valence-corrected chi connectivity index (χ2v) is 10.8. The maximum absolute atomic E-state index is 12.9. The summed E-state index contributed by atoms with van der Waals surface area (Å²) in [5.74, 6) is 1.50. The van der Waals surface area contributed by atoms with Crippen molar-refractivity contribution in [2.24, 2.45) is 11.8 Å². The first-order chi connectivity index (χ1) is 16.5. The third-order valence-corrected chi connectivity index (χ3v) is 8.95. The van der Waals surface area contributed by atoms with E-state index in [1.54, 1.807) is 6.20 Å². The van der Waals surface area contributed by atoms with E-state index >= 15 is 0 Å². The van der Waals surface area contributed by atoms with Gasteiger partial charge in [0.05, 0.1) is 30.9 Å². The van der Waals surface area contributed by atoms with Crippen molar-refractivity contribution < 1.29 is 14.6 Å². The number of aromatic nitrogens is 1. The molecule has 34 heavy (non-hydrogen) atoms. The van der Waals surface area contributed by atoms with Gasteiger partial charge in [-0.25, -0.2) is 4.98 Å². The summed E-state index contributed by atoms with van der Waals surface area (Å²) in [5.41, 5.74) is 10.1. The number of rotatable bonds is 5. The third kappa shape index (κ3) is 3.61. The SMILES string of the molecule is C[C@H]1[C@H]2CN(C3COC3)C[C@]21c1ccc(-c2cnc(N)c(C(=O)N[C@H]3CC[C@H](O)CC3)c2)cc1. The highest BCUT2D eigenvalue weighted by Crippen LogP contribution is 2.64. The first-order valence-electron chi connectivity index (χ1n) is 12.6. The number of aliphatic hydroxyl groups excluding tert-OH is 1. The number of nitrogens with one attached hydrogen (secondary N) is 1. The van der Waals surface area contributed by atoms with Gasteiger partial charge < -0.3 is 20.9 Å². The molecule has 3 atom stereocenters. The lowest BCUT2D eigenvalue weighted by atomic mass is 9.91. The van der Waals surface area contributed by atoms with Crippen LogP contribution in [0.3, 0.4) is 0 Å². The molecule has 0 unspecified atom stereocenters. The lowest BCUT2D eigenvalue weighted by Crippen LogP contribution is -2.49. The Balaban J connectivity index is 1.18. The number of carbonyl (C=O) groups is 1. The number of benzene rings is 1. The lowest BCUT2D eigenvalue weighted by molar-refractivity contribution is -0.0622. The van der Waals surface area contributed by atoms with Crippen LogP contribution in [0.1, 0.15) is 48.5 Å². The number of hydrogen-bond donors (Lipinski definition) is 3. The number of ether oxygens (including phenoxy) is 1. The van der Waals surface area contributed by atoms with Gasteiger partial charge in [-0.15, -0.1) is 0 Å². The van der Waals surface area contributed by atoms with E-state index in [0.717, 1.165) is 62.5 Å². The maximum atomic E-state index is 12.9. The zero-order valence-electron chi connectivity index (χ0n) is 19.7. The van der Waals surface area contributed by atoms with Gasteiger partial charge in [0.15, 0.2) is 0 Å². The number of anilines is 1. The van der Waals surface area contributed by atoms with Gasteiger partial charge in [-0.05, 0) is 54.7 Å². The molecule has 4 N–H and O–H groups in total. The Morgan fingerprint density at radius 2 is 1.91 bits per heavy atom. The number of carbonyl (C=O) groups excluding carboxylic acids is 1. The van der Waals surface area contributed by atoms with Crippen LogP contribution in [0.5, 0.6) is 0 Å². The van der Waals surface area contributed by atoms with Crippen LogP contribution in [-0.4, -0.2) is 65.4 Å². The summed E-state index contributed by atoms with van der Waals surface area (Å²) in [4.78, 5) is 19.9. The summed E-state index contributed by atoms with van der Waals surface area (Å²) in [7, 11) is 0. The van der Waals surface area contributed by atoms with Crippen molar-refractivity contribution in [3.05, 3.63) is 47.7 Å². The molecule has 0 radical (unpaired) electrons. The van der Waals surface area contributed by atoms with E-state index in [2.05, 4.69) is 46.4 Å². The Morgan fingerprint density at radius 1 is 1.18 bits per heavy atom. The van der Waals surface area contributed by atoms with Gasteiger partial charge in [-0.3, -0.25) is 9.69 Å². The van der Waals surface area contributed by atoms with Gasteiger partial charge >= 0.3 is 0 Å². The van der Waals surface area contributed by atoms with E-state index in [9.17, 15) is 9.90 Å². The molecule has 2 aliphatic heterocycles. The average Bonchev–Trinajstić information content (AvgIpc) is 3.16. The number of nitrogen functional groups attached to an aromatic ring is 1. The fourth-order valence-corrected chi connectivity index (χ4v) is 6.51. The second-order valence-electron chi connectivity index (χ2n) is 10.8. The Kier molecular flexibility index (Phi) is 5.39. The highest BCUT2D eigenvalue weighted by molar-refractivity contribution is 5.99. The largest absolute Gasteiger partial charge is 0.393 e. The molecule has 180 valence electrons. The van der Waals surface area contributed by atoms with Crippen LogP contribution in [0.4, 0.5) is 5.82 Å². The number of aliphatic hydroxyl groups is 1. The number of amides is 1. The quantitative estimate of drug-likeness (QED) is 0.632. The van der Waals surface area contributed by atoms with Gasteiger partial charge in [0, 0.05) is 36.3 Å². The Morgan fingerprint density at radius 3 is 2.59 bits per heavy atom. The molecule has 2 aliphatic carbocycles. The van der Waals surface area contributed by atoms with E-state index in [0.29, 0.717) is 17.5 Å². The number of hydrogen-bond acceptors (Lipinski definition) is 6. The predicted octanol–water partition coefficient (Wildman–Crippen LogP) is 2.58. The normalized spacial score (nSPS) is 33.2. The van der Waals surface area contributed by atoms with Gasteiger partial charge in [0.25, 0.3) is 5.91 Å². The van der Waals surface area contributed by atoms with Gasteiger partial charge in [0.2, 0.25) is 0 Å². The number of piperidine rings is 1. The van der Waals surface area contributed by atoms with E-state index in [1.807, 2.05) is 6.07 Å². The minimum atomic E-state index is -0.251. The van der Waals surface area contributed by atoms with Gasteiger partial charge in [0.1, 0.15) is 5.82 Å². The summed E-state index contributed by atoms with van der Waals surface area (Å²) >= 11 is 0. The molecule has 1 amide bonds. The minimum Gasteiger partial charge on any atom is -0.393 e. The van der Waals surface area contributed by atoms with E-state index < -0.39 is 0 Å². The van der Waals surface area contributed by atoms with Crippen LogP contribution >= 0.6 is 0 Å². The van der Waals surface area contributed by atoms with Crippen LogP contribution in [0.15, 0.2) is 36.5 Å². The number of likely N-dealkylation sites (tertiary alicyclic amines) is 1. The molecule has 7 nitrogen and oxygen atoms in total. The molecule has 2 aromatic rings. The highest BCUT2D eigenvalue weighted by Gasteiger charge is 2.67. The number of fused-ring (bicyclic) bond motifs is 1. The Labute approximate surface area is 200 Å². The fourth-order valence-electron chi connectivity index (χ4n) is 6.51. The molecule has 1 aromatic carbocycles. The van der Waals surface area contributed by atoms with Crippen LogP contribution in [0.25, 0.3) is 11.1 Å². The molecular weight excluding hydrogens is 428 g/mol. The monoisotopic (exact) mass is 462 g/mol. The second kappa shape index (κ2) is 8.33. The first-order valence-corrected chi connectivity index (χ1v) is 12.6. The van der Waals surface area contributed by atoms with Crippen molar-refractivity contribution in [3.63, 3.8) is 0 Å². The number of nitrogens with zero attached hydrogens (tertiary/aromatic N) is 2. The summed E-state index contributed by atoms with van der Waals surface area (Å²) in [6.45, 7) is 6.43. The zero-order chi connectivity index (χ0) is 23.4. The molecule has 3 heterocycles. The van der Waals surface area contributed by atoms with Crippen molar-refractivity contribution in [1.82, 2.24) is 15.2 Å². The van der Waals surface area contributed by atoms with E-state index in [1.165, 1.54) is 12.1 Å². The van der Waals surface area contributed by atoms with E-state index in [4.69, 9.17) is 10.5 Å². The van der Waals surface area contributed by atoms with Crippen LogP contribution in [-0.2, 0) is 10.2 Å². The molecule has 2 saturated heterocycles. The topological polar surface area (TPSA) is 101 Å². The van der Waals surface area contributed by atoms with Crippen molar-refractivity contribution in [3.8, 4) is 11.1 Å². The fraction of sp³-hybridized carbons (Fsp3) is 0.556. The summed E-state index contributed by atoms with van der Waals surface area (Å²) in [6.07, 6.45) is 4.50. The molecule has 0 spiro atoms. The first kappa shape index (κ1) is 22.0. The van der Waals surface area contributed by atoms with Crippen LogP contribution < -0.4 is 11.1 Å². The van der Waals surface area contributed by atoms with Crippen molar-refractivity contribution >= 4 is 11.7 Å². The Bertz CT molecular complexity index is 1080. The Hall–Kier alpha value is -2.48. The number of nitrogens with two attached hydrogens (primary N) is 1. The van der Waals surface area contributed by atoms with Crippen LogP contribution in [0, 0.1) is 11.8 Å². The smallest absolute Gasteiger partial charge is 0.255 e. The molecule has 0 bridgehead atoms. The standard InChI is InChI=1S/C27H34N4O3/c1-16-24-12-31(21-13-34-14-21)15-27(16,24)19-4-2-17(3-5-19)18-10-23(25(28)29-11-18)26(33)30-20-6-8-22(32)9-7-20/h2-5,10-11,16,20-22,24,32H,6-9,12-15H2,1H3,(H2,28,29)(H,30,33)/t16-,20-,22-,24+,27-/m0/s1. The number of pyridine rings is 1.